The zero-order valence-electron chi connectivity index (χ0n) is 28.4. The Morgan fingerprint density at radius 2 is 1.21 bits per heavy atom. The third kappa shape index (κ3) is 4.96. The van der Waals surface area contributed by atoms with Crippen LogP contribution >= 0.6 is 0 Å². The van der Waals surface area contributed by atoms with Gasteiger partial charge in [-0.25, -0.2) is 14.4 Å². The largest absolute Gasteiger partial charge is 0.480 e. The van der Waals surface area contributed by atoms with Crippen LogP contribution in [0.1, 0.15) is 74.1 Å². The van der Waals surface area contributed by atoms with Gasteiger partial charge in [0.2, 0.25) is 11.8 Å². The number of carboxylic acids is 1. The molecule has 2 amide bonds. The second kappa shape index (κ2) is 10.9. The van der Waals surface area contributed by atoms with Crippen molar-refractivity contribution in [3.63, 3.8) is 0 Å². The van der Waals surface area contributed by atoms with Gasteiger partial charge in [0.05, 0.1) is 7.11 Å². The first-order chi connectivity index (χ1) is 21.8. The quantitative estimate of drug-likeness (QED) is 0.255. The molecule has 6 aliphatic rings. The monoisotopic (exact) mass is 660 g/mol. The highest BCUT2D eigenvalue weighted by Gasteiger charge is 2.90. The Morgan fingerprint density at radius 3 is 1.62 bits per heavy atom. The summed E-state index contributed by atoms with van der Waals surface area (Å²) < 4.78 is 24.1. The van der Waals surface area contributed by atoms with E-state index in [1.807, 2.05) is 0 Å². The molecule has 0 aromatic heterocycles. The average Bonchev–Trinajstić information content (AvgIpc) is 3.78. The third-order valence-corrected chi connectivity index (χ3v) is 11.8. The van der Waals surface area contributed by atoms with E-state index < -0.39 is 94.4 Å². The highest BCUT2D eigenvalue weighted by atomic mass is 16.6. The number of fused-ring (bicyclic) bond motifs is 16. The molecule has 0 aromatic rings. The van der Waals surface area contributed by atoms with E-state index >= 15 is 0 Å². The Labute approximate surface area is 274 Å². The Hall–Kier alpha value is -3.22. The molecule has 6 rings (SSSR count). The standard InChI is InChI=1S/C34H48N2O11/c1-14(28(41)44-8)36-27(40)20-12-16-10-18(20)25-23(16)33(29(42)45-31(2,3)4)24-17-9-15(11-19(17)26(39)35-13-21(37)38)22(24)34(25,47-33)30(43)46-32(5,6)7/h14-20,22-25H,9-13H2,1-8H3,(H,35,39)(H,36,40)(H,37,38)/t14-,15-,16-,17+,18+,19-,20-,22-,23-,24+,25+,33-,34-/m0/s1. The number of carboxylic acid groups (broad SMARTS) is 1. The van der Waals surface area contributed by atoms with Gasteiger partial charge < -0.3 is 34.7 Å². The van der Waals surface area contributed by atoms with E-state index in [4.69, 9.17) is 18.9 Å². The number of carbonyl (C=O) groups is 6. The smallest absolute Gasteiger partial charge is 0.339 e. The van der Waals surface area contributed by atoms with Gasteiger partial charge >= 0.3 is 23.9 Å². The molecular weight excluding hydrogens is 612 g/mol. The first kappa shape index (κ1) is 33.7. The van der Waals surface area contributed by atoms with Crippen molar-refractivity contribution in [3.8, 4) is 0 Å². The number of carbonyl (C=O) groups excluding carboxylic acids is 5. The number of amides is 2. The van der Waals surface area contributed by atoms with Gasteiger partial charge in [-0.05, 0) is 97.8 Å². The summed E-state index contributed by atoms with van der Waals surface area (Å²) in [6.45, 7) is 11.7. The Morgan fingerprint density at radius 1 is 0.766 bits per heavy atom. The van der Waals surface area contributed by atoms with E-state index in [-0.39, 0.29) is 35.5 Å². The van der Waals surface area contributed by atoms with Crippen LogP contribution in [-0.2, 0) is 47.7 Å². The first-order valence-electron chi connectivity index (χ1n) is 16.8. The molecule has 0 unspecified atom stereocenters. The fourth-order valence-corrected chi connectivity index (χ4v) is 10.9. The maximum Gasteiger partial charge on any atom is 0.339 e. The van der Waals surface area contributed by atoms with E-state index in [0.29, 0.717) is 25.7 Å². The molecule has 3 N–H and O–H groups in total. The predicted octanol–water partition coefficient (Wildman–Crippen LogP) is 1.85. The molecule has 2 saturated heterocycles. The van der Waals surface area contributed by atoms with Crippen LogP contribution in [0.25, 0.3) is 0 Å². The lowest BCUT2D eigenvalue weighted by Crippen LogP contribution is -2.64. The van der Waals surface area contributed by atoms with Crippen LogP contribution in [0.2, 0.25) is 0 Å². The summed E-state index contributed by atoms with van der Waals surface area (Å²) in [6.07, 6.45) is 2.03. The minimum Gasteiger partial charge on any atom is -0.480 e. The maximum atomic E-state index is 14.7. The molecule has 2 heterocycles. The second-order valence-corrected chi connectivity index (χ2v) is 16.7. The van der Waals surface area contributed by atoms with Crippen molar-refractivity contribution in [3.05, 3.63) is 0 Å². The zero-order valence-corrected chi connectivity index (χ0v) is 28.4. The highest BCUT2D eigenvalue weighted by Crippen LogP contribution is 2.81. The van der Waals surface area contributed by atoms with Crippen molar-refractivity contribution in [2.75, 3.05) is 13.7 Å². The third-order valence-electron chi connectivity index (χ3n) is 11.8. The molecule has 6 fully saturated rings. The van der Waals surface area contributed by atoms with Crippen LogP contribution in [0.5, 0.6) is 0 Å². The number of nitrogens with one attached hydrogen (secondary N) is 2. The van der Waals surface area contributed by atoms with Crippen molar-refractivity contribution < 1.29 is 52.8 Å². The van der Waals surface area contributed by atoms with Gasteiger partial charge in [0, 0.05) is 35.5 Å². The maximum absolute atomic E-state index is 14.7. The normalized spacial score (nSPS) is 41.1. The van der Waals surface area contributed by atoms with E-state index in [1.165, 1.54) is 7.11 Å². The summed E-state index contributed by atoms with van der Waals surface area (Å²) >= 11 is 0. The topological polar surface area (TPSA) is 184 Å². The molecule has 0 aromatic carbocycles. The van der Waals surface area contributed by atoms with Crippen molar-refractivity contribution in [1.29, 1.82) is 0 Å². The van der Waals surface area contributed by atoms with Crippen LogP contribution in [0.15, 0.2) is 0 Å². The minimum atomic E-state index is -1.55. The fraction of sp³-hybridized carbons (Fsp3) is 0.824. The van der Waals surface area contributed by atoms with Crippen molar-refractivity contribution in [2.45, 2.75) is 103 Å². The molecule has 2 aliphatic heterocycles. The molecule has 13 heteroatoms. The summed E-state index contributed by atoms with van der Waals surface area (Å²) in [5, 5.41) is 14.5. The number of methoxy groups -OCH3 is 1. The molecule has 0 spiro atoms. The number of ether oxygens (including phenoxy) is 4. The molecule has 4 aliphatic carbocycles. The van der Waals surface area contributed by atoms with Crippen molar-refractivity contribution >= 4 is 35.7 Å². The first-order valence-corrected chi connectivity index (χ1v) is 16.8. The Bertz CT molecular complexity index is 1400. The number of rotatable bonds is 8. The van der Waals surface area contributed by atoms with E-state index in [2.05, 4.69) is 10.6 Å². The summed E-state index contributed by atoms with van der Waals surface area (Å²) in [7, 11) is 1.26. The van der Waals surface area contributed by atoms with Gasteiger partial charge in [-0.15, -0.1) is 0 Å². The Kier molecular flexibility index (Phi) is 7.81. The lowest BCUT2D eigenvalue weighted by Gasteiger charge is -2.51. The number of hydrogen-bond acceptors (Lipinski definition) is 10. The van der Waals surface area contributed by atoms with Crippen LogP contribution in [0.4, 0.5) is 0 Å². The SMILES string of the molecule is COC(=O)[C@H](C)NC(=O)[C@H]1C[C@@H]2C[C@H]1[C@@H]1[C@H]2[C@]2(C(=O)OC(C)(C)C)O[C@@]1(C(=O)OC(C)(C)C)[C@H]1[C@H]3C[C@@H]([C@H]12)[C@@H](C(=O)NCC(=O)O)C3. The zero-order chi connectivity index (χ0) is 34.6. The number of esters is 3. The van der Waals surface area contributed by atoms with Crippen molar-refractivity contribution in [1.82, 2.24) is 10.6 Å². The molecular formula is C34H48N2O11. The molecule has 47 heavy (non-hydrogen) atoms. The highest BCUT2D eigenvalue weighted by molar-refractivity contribution is 5.92. The van der Waals surface area contributed by atoms with Crippen LogP contribution in [-0.4, -0.2) is 82.9 Å². The second-order valence-electron chi connectivity index (χ2n) is 16.7. The molecule has 0 radical (unpaired) electrons. The van der Waals surface area contributed by atoms with Gasteiger partial charge in [-0.2, -0.15) is 0 Å². The molecule has 13 atom stereocenters. The number of aliphatic carboxylic acids is 1. The van der Waals surface area contributed by atoms with Gasteiger partial charge in [0.25, 0.3) is 0 Å². The summed E-state index contributed by atoms with van der Waals surface area (Å²) in [5.74, 6) is -7.56. The van der Waals surface area contributed by atoms with Crippen molar-refractivity contribution in [2.24, 2.45) is 59.2 Å². The van der Waals surface area contributed by atoms with Crippen LogP contribution < -0.4 is 10.6 Å². The van der Waals surface area contributed by atoms with E-state index in [0.717, 1.165) is 0 Å². The molecule has 260 valence electrons. The van der Waals surface area contributed by atoms with Gasteiger partial charge in [-0.3, -0.25) is 14.4 Å². The van der Waals surface area contributed by atoms with E-state index in [9.17, 15) is 33.9 Å². The molecule has 13 nitrogen and oxygen atoms in total. The lowest BCUT2D eigenvalue weighted by atomic mass is 9.48. The summed E-state index contributed by atoms with van der Waals surface area (Å²) in [6, 6.07) is -0.856. The van der Waals surface area contributed by atoms with E-state index in [1.54, 1.807) is 48.5 Å². The lowest BCUT2D eigenvalue weighted by molar-refractivity contribution is -0.202. The van der Waals surface area contributed by atoms with Crippen LogP contribution in [0.3, 0.4) is 0 Å². The predicted molar refractivity (Wildman–Crippen MR) is 162 cm³/mol. The minimum absolute atomic E-state index is 0.162. The molecule has 6 bridgehead atoms. The summed E-state index contributed by atoms with van der Waals surface area (Å²) in [4.78, 5) is 79.8. The average molecular weight is 661 g/mol. The Balaban J connectivity index is 1.45. The fourth-order valence-electron chi connectivity index (χ4n) is 10.9. The van der Waals surface area contributed by atoms with Gasteiger partial charge in [0.1, 0.15) is 23.8 Å². The van der Waals surface area contributed by atoms with Crippen LogP contribution in [0, 0.1) is 59.2 Å². The van der Waals surface area contributed by atoms with Gasteiger partial charge in [0.15, 0.2) is 11.2 Å². The number of hydrogen-bond donors (Lipinski definition) is 3. The molecule has 4 saturated carbocycles. The van der Waals surface area contributed by atoms with Gasteiger partial charge in [-0.1, -0.05) is 0 Å². The summed E-state index contributed by atoms with van der Waals surface area (Å²) in [5.41, 5.74) is -4.85.